The highest BCUT2D eigenvalue weighted by molar-refractivity contribution is 8.14. The third-order valence-electron chi connectivity index (χ3n) is 4.81. The fraction of sp³-hybridized carbons (Fsp3) is 0.300. The van der Waals surface area contributed by atoms with E-state index in [1.165, 1.54) is 23.1 Å². The molecule has 0 spiro atoms. The lowest BCUT2D eigenvalue weighted by atomic mass is 10.2. The molecule has 1 aromatic carbocycles. The summed E-state index contributed by atoms with van der Waals surface area (Å²) in [6.07, 6.45) is 0. The van der Waals surface area contributed by atoms with Gasteiger partial charge in [0.1, 0.15) is 17.2 Å². The highest BCUT2D eigenvalue weighted by atomic mass is 32.2. The van der Waals surface area contributed by atoms with E-state index in [-0.39, 0.29) is 23.3 Å². The molecule has 6 nitrogen and oxygen atoms in total. The number of rotatable bonds is 3. The summed E-state index contributed by atoms with van der Waals surface area (Å²) in [6.45, 7) is 8.04. The fourth-order valence-electron chi connectivity index (χ4n) is 3.10. The second-order valence-electron chi connectivity index (χ2n) is 6.84. The number of aromatic amines is 1. The fourth-order valence-corrected chi connectivity index (χ4v) is 5.13. The molecule has 8 heteroatoms. The molecule has 0 fully saturated rings. The Balaban J connectivity index is 1.63. The Hall–Kier alpha value is -2.45. The van der Waals surface area contributed by atoms with Gasteiger partial charge in [0.2, 0.25) is 0 Å². The second kappa shape index (κ2) is 7.18. The van der Waals surface area contributed by atoms with Crippen molar-refractivity contribution in [2.75, 3.05) is 11.4 Å². The molecule has 4 rings (SSSR count). The van der Waals surface area contributed by atoms with Crippen LogP contribution in [0.15, 0.2) is 34.1 Å². The average molecular weight is 413 g/mol. The van der Waals surface area contributed by atoms with Crippen LogP contribution >= 0.6 is 23.1 Å². The van der Waals surface area contributed by atoms with Crippen molar-refractivity contribution in [3.8, 4) is 0 Å². The Morgan fingerprint density at radius 2 is 1.89 bits per heavy atom. The molecule has 2 aromatic heterocycles. The van der Waals surface area contributed by atoms with Gasteiger partial charge in [-0.2, -0.15) is 0 Å². The van der Waals surface area contributed by atoms with Gasteiger partial charge in [0.05, 0.1) is 16.3 Å². The number of nitrogens with one attached hydrogen (secondary N) is 1. The number of amidine groups is 1. The second-order valence-corrected chi connectivity index (χ2v) is 9.35. The SMILES string of the molecule is Cc1ccc(N2C(=O)CN=C2S[C@H](C)c2nc3sc(C)c(C)c3c(=O)[nH]2)cc1. The standard InChI is InChI=1S/C20H20N4O2S2/c1-10-5-7-14(8-6-10)24-15(25)9-21-20(24)28-13(4)17-22-18(26)16-11(2)12(3)27-19(16)23-17/h5-8,13H,9H2,1-4H3,(H,22,23,26)/t13-/m1/s1. The van der Waals surface area contributed by atoms with E-state index in [9.17, 15) is 9.59 Å². The van der Waals surface area contributed by atoms with Gasteiger partial charge in [0.15, 0.2) is 5.17 Å². The third-order valence-corrected chi connectivity index (χ3v) is 7.01. The van der Waals surface area contributed by atoms with E-state index in [0.717, 1.165) is 26.5 Å². The number of aliphatic imine (C=N–C) groups is 1. The quantitative estimate of drug-likeness (QED) is 0.702. The summed E-state index contributed by atoms with van der Waals surface area (Å²) in [6, 6.07) is 7.79. The van der Waals surface area contributed by atoms with Gasteiger partial charge in [-0.15, -0.1) is 11.3 Å². The molecule has 144 valence electrons. The minimum absolute atomic E-state index is 0.0556. The van der Waals surface area contributed by atoms with Crippen molar-refractivity contribution in [2.45, 2.75) is 32.9 Å². The van der Waals surface area contributed by atoms with E-state index in [2.05, 4.69) is 15.0 Å². The number of carbonyl (C=O) groups excluding carboxylic acids is 1. The van der Waals surface area contributed by atoms with Crippen molar-refractivity contribution >= 4 is 50.1 Å². The Morgan fingerprint density at radius 1 is 1.18 bits per heavy atom. The predicted octanol–water partition coefficient (Wildman–Crippen LogP) is 4.11. The van der Waals surface area contributed by atoms with E-state index in [1.807, 2.05) is 52.0 Å². The van der Waals surface area contributed by atoms with Crippen LogP contribution in [0.4, 0.5) is 5.69 Å². The zero-order valence-electron chi connectivity index (χ0n) is 16.1. The molecular weight excluding hydrogens is 392 g/mol. The van der Waals surface area contributed by atoms with E-state index >= 15 is 0 Å². The average Bonchev–Trinajstić information content (AvgIpc) is 3.15. The molecule has 0 radical (unpaired) electrons. The number of carbonyl (C=O) groups is 1. The zero-order chi connectivity index (χ0) is 20.0. The molecule has 3 heterocycles. The number of fused-ring (bicyclic) bond motifs is 1. The largest absolute Gasteiger partial charge is 0.309 e. The highest BCUT2D eigenvalue weighted by Crippen LogP contribution is 2.34. The third kappa shape index (κ3) is 3.27. The lowest BCUT2D eigenvalue weighted by Gasteiger charge is -2.20. The summed E-state index contributed by atoms with van der Waals surface area (Å²) >= 11 is 2.96. The number of aromatic nitrogens is 2. The van der Waals surface area contributed by atoms with Crippen LogP contribution < -0.4 is 10.5 Å². The van der Waals surface area contributed by atoms with E-state index in [4.69, 9.17) is 0 Å². The number of hydrogen-bond acceptors (Lipinski definition) is 6. The van der Waals surface area contributed by atoms with E-state index in [0.29, 0.717) is 16.4 Å². The van der Waals surface area contributed by atoms with Crippen LogP contribution in [0.25, 0.3) is 10.2 Å². The van der Waals surface area contributed by atoms with Gasteiger partial charge in [0.25, 0.3) is 11.5 Å². The molecule has 1 amide bonds. The summed E-state index contributed by atoms with van der Waals surface area (Å²) in [7, 11) is 0. The van der Waals surface area contributed by atoms with Gasteiger partial charge in [-0.25, -0.2) is 4.98 Å². The molecule has 1 aliphatic rings. The van der Waals surface area contributed by atoms with Crippen LogP contribution in [-0.4, -0.2) is 27.6 Å². The Bertz CT molecular complexity index is 1160. The van der Waals surface area contributed by atoms with Crippen LogP contribution in [0.3, 0.4) is 0 Å². The molecule has 0 bridgehead atoms. The van der Waals surface area contributed by atoms with Gasteiger partial charge in [-0.3, -0.25) is 19.5 Å². The number of benzene rings is 1. The molecule has 28 heavy (non-hydrogen) atoms. The van der Waals surface area contributed by atoms with Crippen molar-refractivity contribution in [3.63, 3.8) is 0 Å². The first-order valence-corrected chi connectivity index (χ1v) is 10.7. The first-order valence-electron chi connectivity index (χ1n) is 8.96. The maximum atomic E-state index is 12.6. The summed E-state index contributed by atoms with van der Waals surface area (Å²) < 4.78 is 0. The van der Waals surface area contributed by atoms with Crippen LogP contribution in [0.5, 0.6) is 0 Å². The Labute approximate surface area is 170 Å². The van der Waals surface area contributed by atoms with Crippen LogP contribution in [-0.2, 0) is 4.79 Å². The molecule has 0 saturated carbocycles. The van der Waals surface area contributed by atoms with Crippen molar-refractivity contribution in [3.05, 3.63) is 56.4 Å². The molecule has 0 unspecified atom stereocenters. The number of thioether (sulfide) groups is 1. The van der Waals surface area contributed by atoms with Crippen molar-refractivity contribution in [1.29, 1.82) is 0 Å². The molecular formula is C20H20N4O2S2. The maximum absolute atomic E-state index is 12.6. The van der Waals surface area contributed by atoms with Crippen molar-refractivity contribution in [1.82, 2.24) is 9.97 Å². The highest BCUT2D eigenvalue weighted by Gasteiger charge is 2.29. The molecule has 1 N–H and O–H groups in total. The summed E-state index contributed by atoms with van der Waals surface area (Å²) in [5.41, 5.74) is 2.80. The summed E-state index contributed by atoms with van der Waals surface area (Å²) in [5.74, 6) is 0.537. The van der Waals surface area contributed by atoms with E-state index in [1.54, 1.807) is 4.90 Å². The smallest absolute Gasteiger partial charge is 0.259 e. The van der Waals surface area contributed by atoms with Crippen LogP contribution in [0, 0.1) is 20.8 Å². The summed E-state index contributed by atoms with van der Waals surface area (Å²) in [4.78, 5) is 40.4. The molecule has 0 aliphatic carbocycles. The predicted molar refractivity (Wildman–Crippen MR) is 117 cm³/mol. The topological polar surface area (TPSA) is 78.4 Å². The van der Waals surface area contributed by atoms with Gasteiger partial charge < -0.3 is 4.98 Å². The maximum Gasteiger partial charge on any atom is 0.259 e. The summed E-state index contributed by atoms with van der Waals surface area (Å²) in [5, 5.41) is 1.14. The number of aryl methyl sites for hydroxylation is 3. The van der Waals surface area contributed by atoms with Crippen molar-refractivity contribution < 1.29 is 4.79 Å². The van der Waals surface area contributed by atoms with Gasteiger partial charge >= 0.3 is 0 Å². The lowest BCUT2D eigenvalue weighted by molar-refractivity contribution is -0.115. The number of thiophene rings is 1. The molecule has 0 saturated heterocycles. The first kappa shape index (κ1) is 18.9. The lowest BCUT2D eigenvalue weighted by Crippen LogP contribution is -2.31. The zero-order valence-corrected chi connectivity index (χ0v) is 17.7. The van der Waals surface area contributed by atoms with Gasteiger partial charge in [-0.05, 0) is 45.4 Å². The Morgan fingerprint density at radius 3 is 2.61 bits per heavy atom. The number of anilines is 1. The van der Waals surface area contributed by atoms with Crippen LogP contribution in [0.2, 0.25) is 0 Å². The van der Waals surface area contributed by atoms with Gasteiger partial charge in [-0.1, -0.05) is 29.5 Å². The number of amides is 1. The van der Waals surface area contributed by atoms with Crippen molar-refractivity contribution in [2.24, 2.45) is 4.99 Å². The molecule has 3 aromatic rings. The normalized spacial score (nSPS) is 15.4. The van der Waals surface area contributed by atoms with Gasteiger partial charge in [0, 0.05) is 4.88 Å². The first-order chi connectivity index (χ1) is 13.3. The number of H-pyrrole nitrogens is 1. The molecule has 1 atom stereocenters. The monoisotopic (exact) mass is 412 g/mol. The minimum Gasteiger partial charge on any atom is -0.309 e. The number of hydrogen-bond donors (Lipinski definition) is 1. The van der Waals surface area contributed by atoms with Crippen LogP contribution in [0.1, 0.15) is 34.0 Å². The Kier molecular flexibility index (Phi) is 4.84. The molecule has 1 aliphatic heterocycles. The number of nitrogens with zero attached hydrogens (tertiary/aromatic N) is 3. The van der Waals surface area contributed by atoms with E-state index < -0.39 is 0 Å². The minimum atomic E-state index is -0.155.